The van der Waals surface area contributed by atoms with E-state index >= 15 is 0 Å². The molecular formula is C18H27NO5. The van der Waals surface area contributed by atoms with Crippen molar-refractivity contribution in [1.29, 1.82) is 0 Å². The number of hydrogen-bond acceptors (Lipinski definition) is 5. The summed E-state index contributed by atoms with van der Waals surface area (Å²) >= 11 is 0. The van der Waals surface area contributed by atoms with E-state index in [9.17, 15) is 9.90 Å². The van der Waals surface area contributed by atoms with Crippen LogP contribution in [0.15, 0.2) is 24.3 Å². The van der Waals surface area contributed by atoms with Gasteiger partial charge in [-0.3, -0.25) is 0 Å². The lowest BCUT2D eigenvalue weighted by atomic mass is 10.1. The highest BCUT2D eigenvalue weighted by Gasteiger charge is 2.36. The minimum atomic E-state index is -0.762. The topological polar surface area (TPSA) is 68.2 Å². The Hall–Kier alpha value is -1.95. The van der Waals surface area contributed by atoms with E-state index in [4.69, 9.17) is 14.2 Å². The van der Waals surface area contributed by atoms with Crippen LogP contribution in [0.2, 0.25) is 0 Å². The Labute approximate surface area is 143 Å². The van der Waals surface area contributed by atoms with Crippen molar-refractivity contribution in [1.82, 2.24) is 4.90 Å². The molecule has 0 aromatic heterocycles. The largest absolute Gasteiger partial charge is 0.497 e. The second-order valence-electron chi connectivity index (χ2n) is 6.94. The number of likely N-dealkylation sites (tertiary alicyclic amines) is 1. The third kappa shape index (κ3) is 5.03. The van der Waals surface area contributed by atoms with Crippen LogP contribution in [0, 0.1) is 0 Å². The quantitative estimate of drug-likeness (QED) is 0.895. The fourth-order valence-electron chi connectivity index (χ4n) is 2.70. The number of benzene rings is 1. The minimum absolute atomic E-state index is 0.121. The Morgan fingerprint density at radius 3 is 2.50 bits per heavy atom. The monoisotopic (exact) mass is 337 g/mol. The van der Waals surface area contributed by atoms with E-state index in [1.165, 1.54) is 0 Å². The van der Waals surface area contributed by atoms with Crippen LogP contribution >= 0.6 is 0 Å². The van der Waals surface area contributed by atoms with Gasteiger partial charge in [0.15, 0.2) is 0 Å². The maximum absolute atomic E-state index is 12.3. The van der Waals surface area contributed by atoms with Crippen molar-refractivity contribution >= 4 is 6.09 Å². The van der Waals surface area contributed by atoms with Crippen molar-refractivity contribution in [2.24, 2.45) is 0 Å². The zero-order valence-electron chi connectivity index (χ0n) is 14.8. The number of nitrogens with zero attached hydrogens (tertiary/aromatic N) is 1. The third-order valence-corrected chi connectivity index (χ3v) is 3.85. The van der Waals surface area contributed by atoms with E-state index in [0.717, 1.165) is 18.6 Å². The molecule has 1 amide bonds. The molecule has 1 unspecified atom stereocenters. The second kappa shape index (κ2) is 7.75. The Balaban J connectivity index is 1.90. The van der Waals surface area contributed by atoms with Crippen LogP contribution in [0.5, 0.6) is 11.5 Å². The first-order chi connectivity index (χ1) is 11.3. The average molecular weight is 337 g/mol. The summed E-state index contributed by atoms with van der Waals surface area (Å²) in [6, 6.07) is 6.88. The maximum atomic E-state index is 12.3. The molecule has 1 aromatic rings. The summed E-state index contributed by atoms with van der Waals surface area (Å²) in [6.45, 7) is 6.22. The molecule has 6 nitrogen and oxygen atoms in total. The molecule has 0 bridgehead atoms. The van der Waals surface area contributed by atoms with Crippen LogP contribution in [-0.4, -0.2) is 54.1 Å². The van der Waals surface area contributed by atoms with Gasteiger partial charge in [0.2, 0.25) is 0 Å². The summed E-state index contributed by atoms with van der Waals surface area (Å²) in [7, 11) is 1.60. The lowest BCUT2D eigenvalue weighted by Crippen LogP contribution is -2.46. The Morgan fingerprint density at radius 1 is 1.29 bits per heavy atom. The molecule has 0 saturated carbocycles. The van der Waals surface area contributed by atoms with E-state index in [1.54, 1.807) is 36.3 Å². The highest BCUT2D eigenvalue weighted by Crippen LogP contribution is 2.24. The smallest absolute Gasteiger partial charge is 0.410 e. The van der Waals surface area contributed by atoms with E-state index in [-0.39, 0.29) is 18.7 Å². The molecule has 1 N–H and O–H groups in total. The number of carbonyl (C=O) groups excluding carboxylic acids is 1. The number of rotatable bonds is 5. The van der Waals surface area contributed by atoms with Gasteiger partial charge in [0.1, 0.15) is 29.8 Å². The zero-order valence-corrected chi connectivity index (χ0v) is 14.8. The van der Waals surface area contributed by atoms with Crippen molar-refractivity contribution in [3.05, 3.63) is 24.3 Å². The Bertz CT molecular complexity index is 537. The molecule has 134 valence electrons. The number of hydrogen-bond donors (Lipinski definition) is 1. The summed E-state index contributed by atoms with van der Waals surface area (Å²) in [5.74, 6) is 1.39. The zero-order chi connectivity index (χ0) is 17.7. The average Bonchev–Trinajstić information content (AvgIpc) is 3.01. The Kier molecular flexibility index (Phi) is 5.94. The second-order valence-corrected chi connectivity index (χ2v) is 6.94. The van der Waals surface area contributed by atoms with Gasteiger partial charge in [-0.2, -0.15) is 0 Å². The SMILES string of the molecule is COc1ccc(OC[C@@H](O)C2CCCN2C(=O)OC(C)(C)C)cc1. The number of amides is 1. The molecule has 1 aromatic carbocycles. The molecule has 0 aliphatic carbocycles. The first-order valence-corrected chi connectivity index (χ1v) is 8.24. The van der Waals surface area contributed by atoms with Crippen LogP contribution in [0.25, 0.3) is 0 Å². The van der Waals surface area contributed by atoms with E-state index in [0.29, 0.717) is 12.3 Å². The van der Waals surface area contributed by atoms with Gasteiger partial charge in [0, 0.05) is 6.54 Å². The molecule has 0 spiro atoms. The van der Waals surface area contributed by atoms with Gasteiger partial charge in [0.05, 0.1) is 13.2 Å². The highest BCUT2D eigenvalue weighted by atomic mass is 16.6. The van der Waals surface area contributed by atoms with Gasteiger partial charge in [-0.15, -0.1) is 0 Å². The molecule has 1 saturated heterocycles. The maximum Gasteiger partial charge on any atom is 0.410 e. The van der Waals surface area contributed by atoms with Gasteiger partial charge in [-0.1, -0.05) is 0 Å². The summed E-state index contributed by atoms with van der Waals surface area (Å²) in [5, 5.41) is 10.4. The number of aliphatic hydroxyl groups excluding tert-OH is 1. The lowest BCUT2D eigenvalue weighted by molar-refractivity contribution is -0.00353. The van der Waals surface area contributed by atoms with Crippen molar-refractivity contribution in [3.63, 3.8) is 0 Å². The third-order valence-electron chi connectivity index (χ3n) is 3.85. The van der Waals surface area contributed by atoms with Gasteiger partial charge < -0.3 is 24.2 Å². The molecule has 1 heterocycles. The van der Waals surface area contributed by atoms with Crippen molar-refractivity contribution < 1.29 is 24.1 Å². The van der Waals surface area contributed by atoms with Crippen LogP contribution in [0.1, 0.15) is 33.6 Å². The first-order valence-electron chi connectivity index (χ1n) is 8.24. The number of methoxy groups -OCH3 is 1. The number of carbonyl (C=O) groups is 1. The molecule has 1 aliphatic rings. The highest BCUT2D eigenvalue weighted by molar-refractivity contribution is 5.69. The molecule has 1 fully saturated rings. The molecule has 6 heteroatoms. The molecule has 24 heavy (non-hydrogen) atoms. The molecule has 2 rings (SSSR count). The van der Waals surface area contributed by atoms with Gasteiger partial charge in [0.25, 0.3) is 0 Å². The standard InChI is InChI=1S/C18H27NO5/c1-18(2,3)24-17(21)19-11-5-6-15(19)16(20)12-23-14-9-7-13(22-4)8-10-14/h7-10,15-16,20H,5-6,11-12H2,1-4H3/t15?,16-/m1/s1. The van der Waals surface area contributed by atoms with Gasteiger partial charge in [-0.25, -0.2) is 4.79 Å². The molecule has 0 radical (unpaired) electrons. The summed E-state index contributed by atoms with van der Waals surface area (Å²) < 4.78 is 16.1. The molecule has 2 atom stereocenters. The fourth-order valence-corrected chi connectivity index (χ4v) is 2.70. The summed E-state index contributed by atoms with van der Waals surface area (Å²) in [6.07, 6.45) is 0.450. The fraction of sp³-hybridized carbons (Fsp3) is 0.611. The van der Waals surface area contributed by atoms with Gasteiger partial charge >= 0.3 is 6.09 Å². The van der Waals surface area contributed by atoms with E-state index in [2.05, 4.69) is 0 Å². The lowest BCUT2D eigenvalue weighted by Gasteiger charge is -2.31. The van der Waals surface area contributed by atoms with Crippen molar-refractivity contribution in [2.75, 3.05) is 20.3 Å². The summed E-state index contributed by atoms with van der Waals surface area (Å²) in [4.78, 5) is 13.9. The number of ether oxygens (including phenoxy) is 3. The predicted octanol–water partition coefficient (Wildman–Crippen LogP) is 2.83. The van der Waals surface area contributed by atoms with E-state index in [1.807, 2.05) is 20.8 Å². The van der Waals surface area contributed by atoms with Crippen LogP contribution in [0.4, 0.5) is 4.79 Å². The first kappa shape index (κ1) is 18.4. The normalized spacial score (nSPS) is 19.0. The van der Waals surface area contributed by atoms with Crippen LogP contribution in [0.3, 0.4) is 0 Å². The molecule has 1 aliphatic heterocycles. The van der Waals surface area contributed by atoms with Crippen molar-refractivity contribution in [2.45, 2.75) is 51.4 Å². The molecular weight excluding hydrogens is 310 g/mol. The number of aliphatic hydroxyl groups is 1. The predicted molar refractivity (Wildman–Crippen MR) is 90.5 cm³/mol. The summed E-state index contributed by atoms with van der Waals surface area (Å²) in [5.41, 5.74) is -0.547. The minimum Gasteiger partial charge on any atom is -0.497 e. The van der Waals surface area contributed by atoms with Crippen molar-refractivity contribution in [3.8, 4) is 11.5 Å². The van der Waals surface area contributed by atoms with E-state index < -0.39 is 11.7 Å². The van der Waals surface area contributed by atoms with Crippen LogP contribution < -0.4 is 9.47 Å². The Morgan fingerprint density at radius 2 is 1.92 bits per heavy atom. The van der Waals surface area contributed by atoms with Gasteiger partial charge in [-0.05, 0) is 57.9 Å². The van der Waals surface area contributed by atoms with Crippen LogP contribution in [-0.2, 0) is 4.74 Å².